The van der Waals surface area contributed by atoms with Crippen LogP contribution < -0.4 is 16.4 Å². The Labute approximate surface area is 173 Å². The van der Waals surface area contributed by atoms with Gasteiger partial charge in [-0.1, -0.05) is 25.5 Å². The van der Waals surface area contributed by atoms with Crippen molar-refractivity contribution in [2.45, 2.75) is 70.3 Å². The van der Waals surface area contributed by atoms with Gasteiger partial charge in [-0.3, -0.25) is 0 Å². The summed E-state index contributed by atoms with van der Waals surface area (Å²) in [5, 5.41) is 7.19. The van der Waals surface area contributed by atoms with E-state index in [-0.39, 0.29) is 5.54 Å². The highest BCUT2D eigenvalue weighted by atomic mass is 15.1. The topological polar surface area (TPSA) is 75.9 Å². The fraction of sp³-hybridized carbons (Fsp3) is 0.583. The summed E-state index contributed by atoms with van der Waals surface area (Å²) in [6.07, 6.45) is 13.3. The van der Waals surface area contributed by atoms with Crippen LogP contribution in [0, 0.1) is 17.8 Å². The first-order valence-electron chi connectivity index (χ1n) is 11.4. The molecule has 5 nitrogen and oxygen atoms in total. The summed E-state index contributed by atoms with van der Waals surface area (Å²) in [6, 6.07) is 8.59. The van der Waals surface area contributed by atoms with Crippen molar-refractivity contribution in [1.82, 2.24) is 9.97 Å². The number of unbranched alkanes of at least 4 members (excludes halogenated alkanes) is 1. The number of anilines is 4. The third-order valence-electron chi connectivity index (χ3n) is 7.34. The molecule has 1 heterocycles. The maximum atomic E-state index is 6.51. The summed E-state index contributed by atoms with van der Waals surface area (Å²) in [5.74, 6) is 4.15. The van der Waals surface area contributed by atoms with Gasteiger partial charge in [0.15, 0.2) is 11.6 Å². The number of nitrogen functional groups attached to an aromatic ring is 1. The molecular weight excluding hydrogens is 358 g/mol. The van der Waals surface area contributed by atoms with Crippen LogP contribution in [-0.2, 0) is 6.42 Å². The Morgan fingerprint density at radius 2 is 1.59 bits per heavy atom. The number of hydrogen-bond donors (Lipinski definition) is 3. The molecule has 5 heteroatoms. The molecule has 4 aliphatic rings. The van der Waals surface area contributed by atoms with E-state index in [4.69, 9.17) is 5.73 Å². The molecule has 6 rings (SSSR count). The van der Waals surface area contributed by atoms with Gasteiger partial charge in [-0.25, -0.2) is 9.97 Å². The van der Waals surface area contributed by atoms with Gasteiger partial charge < -0.3 is 16.4 Å². The lowest BCUT2D eigenvalue weighted by atomic mass is 9.53. The smallest absolute Gasteiger partial charge is 0.159 e. The number of nitrogens with one attached hydrogen (secondary N) is 2. The lowest BCUT2D eigenvalue weighted by Gasteiger charge is -2.57. The third-order valence-corrected chi connectivity index (χ3v) is 7.34. The monoisotopic (exact) mass is 391 g/mol. The van der Waals surface area contributed by atoms with E-state index in [1.54, 1.807) is 6.33 Å². The number of rotatable bonds is 7. The first-order valence-corrected chi connectivity index (χ1v) is 11.4. The maximum absolute atomic E-state index is 6.51. The predicted octanol–water partition coefficient (Wildman–Crippen LogP) is 5.53. The van der Waals surface area contributed by atoms with Gasteiger partial charge in [0.05, 0.1) is 0 Å². The second-order valence-corrected chi connectivity index (χ2v) is 9.73. The molecule has 4 saturated carbocycles. The van der Waals surface area contributed by atoms with Crippen LogP contribution in [0.1, 0.15) is 63.9 Å². The van der Waals surface area contributed by atoms with E-state index < -0.39 is 0 Å². The summed E-state index contributed by atoms with van der Waals surface area (Å²) < 4.78 is 0. The lowest BCUT2D eigenvalue weighted by molar-refractivity contribution is 0.0106. The second kappa shape index (κ2) is 7.51. The van der Waals surface area contributed by atoms with Gasteiger partial charge in [0.1, 0.15) is 12.0 Å². The van der Waals surface area contributed by atoms with Crippen molar-refractivity contribution in [1.29, 1.82) is 0 Å². The van der Waals surface area contributed by atoms with Crippen LogP contribution in [0.15, 0.2) is 30.6 Å². The molecule has 29 heavy (non-hydrogen) atoms. The van der Waals surface area contributed by atoms with Crippen molar-refractivity contribution in [3.63, 3.8) is 0 Å². The van der Waals surface area contributed by atoms with Crippen LogP contribution in [-0.4, -0.2) is 15.5 Å². The van der Waals surface area contributed by atoms with E-state index in [9.17, 15) is 0 Å². The minimum atomic E-state index is 0.190. The standard InChI is InChI=1S/C24H33N5/c1-2-3-4-16-5-7-20(8-6-16)28-22-21(25)23(27-15-26-22)29-24-12-17-9-18(13-24)11-19(10-17)14-24/h5-8,15,17-19H,2-4,9-14,25H2,1H3,(H2,26,27,28,29). The van der Waals surface area contributed by atoms with Crippen molar-refractivity contribution in [3.05, 3.63) is 36.2 Å². The first kappa shape index (κ1) is 18.7. The molecule has 0 aliphatic heterocycles. The van der Waals surface area contributed by atoms with E-state index in [2.05, 4.69) is 51.8 Å². The Balaban J connectivity index is 1.31. The van der Waals surface area contributed by atoms with E-state index >= 15 is 0 Å². The second-order valence-electron chi connectivity index (χ2n) is 9.73. The van der Waals surface area contributed by atoms with Crippen molar-refractivity contribution in [2.24, 2.45) is 17.8 Å². The SMILES string of the molecule is CCCCc1ccc(Nc2ncnc(NC34CC5CC(CC(C5)C3)C4)c2N)cc1. The molecule has 4 bridgehead atoms. The first-order chi connectivity index (χ1) is 14.1. The zero-order chi connectivity index (χ0) is 19.8. The van der Waals surface area contributed by atoms with Gasteiger partial charge in [0.2, 0.25) is 0 Å². The van der Waals surface area contributed by atoms with E-state index in [1.807, 2.05) is 0 Å². The number of nitrogens with zero attached hydrogens (tertiary/aromatic N) is 2. The molecule has 0 spiro atoms. The summed E-state index contributed by atoms with van der Waals surface area (Å²) in [6.45, 7) is 2.23. The molecule has 1 aromatic heterocycles. The number of nitrogens with two attached hydrogens (primary N) is 1. The van der Waals surface area contributed by atoms with Gasteiger partial charge >= 0.3 is 0 Å². The van der Waals surface area contributed by atoms with Crippen LogP contribution in [0.2, 0.25) is 0 Å². The molecule has 0 saturated heterocycles. The molecule has 1 aromatic carbocycles. The van der Waals surface area contributed by atoms with Crippen molar-refractivity contribution >= 4 is 23.0 Å². The van der Waals surface area contributed by atoms with Crippen LogP contribution in [0.3, 0.4) is 0 Å². The van der Waals surface area contributed by atoms with Crippen molar-refractivity contribution in [3.8, 4) is 0 Å². The molecule has 4 aliphatic carbocycles. The van der Waals surface area contributed by atoms with Crippen LogP contribution in [0.25, 0.3) is 0 Å². The maximum Gasteiger partial charge on any atom is 0.159 e. The molecule has 4 fully saturated rings. The Morgan fingerprint density at radius 1 is 0.966 bits per heavy atom. The van der Waals surface area contributed by atoms with Crippen LogP contribution in [0.5, 0.6) is 0 Å². The summed E-state index contributed by atoms with van der Waals surface area (Å²) >= 11 is 0. The predicted molar refractivity (Wildman–Crippen MR) is 119 cm³/mol. The van der Waals surface area contributed by atoms with Gasteiger partial charge in [-0.2, -0.15) is 0 Å². The molecule has 0 radical (unpaired) electrons. The molecule has 4 N–H and O–H groups in total. The minimum Gasteiger partial charge on any atom is -0.393 e. The Hall–Kier alpha value is -2.30. The number of hydrogen-bond acceptors (Lipinski definition) is 5. The fourth-order valence-corrected chi connectivity index (χ4v) is 6.38. The number of aromatic nitrogens is 2. The number of aryl methyl sites for hydroxylation is 1. The highest BCUT2D eigenvalue weighted by Crippen LogP contribution is 2.56. The number of benzene rings is 1. The largest absolute Gasteiger partial charge is 0.393 e. The van der Waals surface area contributed by atoms with Crippen LogP contribution in [0.4, 0.5) is 23.0 Å². The molecule has 0 amide bonds. The van der Waals surface area contributed by atoms with E-state index in [1.165, 1.54) is 56.9 Å². The zero-order valence-electron chi connectivity index (χ0n) is 17.5. The zero-order valence-corrected chi connectivity index (χ0v) is 17.5. The Bertz CT molecular complexity index is 825. The van der Waals surface area contributed by atoms with Crippen molar-refractivity contribution in [2.75, 3.05) is 16.4 Å². The highest BCUT2D eigenvalue weighted by molar-refractivity contribution is 5.78. The molecular formula is C24H33N5. The molecule has 2 aromatic rings. The Kier molecular flexibility index (Phi) is 4.84. The fourth-order valence-electron chi connectivity index (χ4n) is 6.38. The summed E-state index contributed by atoms with van der Waals surface area (Å²) in [7, 11) is 0. The van der Waals surface area contributed by atoms with E-state index in [0.29, 0.717) is 11.5 Å². The molecule has 0 unspecified atom stereocenters. The highest BCUT2D eigenvalue weighted by Gasteiger charge is 2.51. The summed E-state index contributed by atoms with van der Waals surface area (Å²) in [4.78, 5) is 8.93. The third kappa shape index (κ3) is 3.79. The average Bonchev–Trinajstić information content (AvgIpc) is 2.69. The van der Waals surface area contributed by atoms with Gasteiger partial charge in [0, 0.05) is 11.2 Å². The molecule has 0 atom stereocenters. The average molecular weight is 392 g/mol. The van der Waals surface area contributed by atoms with Gasteiger partial charge in [0.25, 0.3) is 0 Å². The van der Waals surface area contributed by atoms with Gasteiger partial charge in [-0.15, -0.1) is 0 Å². The lowest BCUT2D eigenvalue weighted by Crippen LogP contribution is -2.55. The van der Waals surface area contributed by atoms with Gasteiger partial charge in [-0.05, 0) is 86.8 Å². The Morgan fingerprint density at radius 3 is 2.21 bits per heavy atom. The quantitative estimate of drug-likeness (QED) is 0.579. The molecule has 154 valence electrons. The van der Waals surface area contributed by atoms with Crippen molar-refractivity contribution < 1.29 is 0 Å². The normalized spacial score (nSPS) is 29.8. The van der Waals surface area contributed by atoms with Crippen LogP contribution >= 0.6 is 0 Å². The summed E-state index contributed by atoms with van der Waals surface area (Å²) in [5.41, 5.74) is 9.70. The minimum absolute atomic E-state index is 0.190. The van der Waals surface area contributed by atoms with E-state index in [0.717, 1.165) is 35.7 Å².